The highest BCUT2D eigenvalue weighted by molar-refractivity contribution is 7.87. The second-order valence-electron chi connectivity index (χ2n) is 9.12. The molecular formula is C27H29FN2O5S. The van der Waals surface area contributed by atoms with Gasteiger partial charge in [-0.15, -0.1) is 0 Å². The molecule has 0 bridgehead atoms. The minimum atomic E-state index is -4.88. The number of aryl methyl sites for hydroxylation is 1. The largest absolute Gasteiger partial charge is 0.506 e. The van der Waals surface area contributed by atoms with Crippen molar-refractivity contribution in [1.29, 1.82) is 0 Å². The van der Waals surface area contributed by atoms with Crippen LogP contribution in [0.5, 0.6) is 5.75 Å². The quantitative estimate of drug-likeness (QED) is 0.245. The number of hydrogen-bond acceptors (Lipinski definition) is 4. The molecule has 1 saturated carbocycles. The molecule has 36 heavy (non-hydrogen) atoms. The van der Waals surface area contributed by atoms with E-state index in [0.29, 0.717) is 9.87 Å². The molecule has 1 fully saturated rings. The molecule has 1 aliphatic rings. The van der Waals surface area contributed by atoms with Gasteiger partial charge in [0, 0.05) is 11.3 Å². The molecule has 4 rings (SSSR count). The molecule has 7 nitrogen and oxygen atoms in total. The van der Waals surface area contributed by atoms with Gasteiger partial charge >= 0.3 is 10.3 Å². The Kier molecular flexibility index (Phi) is 7.91. The van der Waals surface area contributed by atoms with Gasteiger partial charge < -0.3 is 10.4 Å². The van der Waals surface area contributed by atoms with E-state index >= 15 is 0 Å². The number of carbonyl (C=O) groups is 1. The van der Waals surface area contributed by atoms with Crippen LogP contribution in [0.1, 0.15) is 54.4 Å². The molecule has 9 heteroatoms. The lowest BCUT2D eigenvalue weighted by atomic mass is 9.85. The van der Waals surface area contributed by atoms with Gasteiger partial charge in [0.25, 0.3) is 5.91 Å². The molecule has 0 aliphatic heterocycles. The van der Waals surface area contributed by atoms with E-state index in [2.05, 4.69) is 5.32 Å². The SMILES string of the molecule is O=C(Nc1ccc(O)c(N(c2ccc(F)cc2)S(=O)(=O)O)c1)c1ccc(CCC2CCCCC2)cc1. The Balaban J connectivity index is 1.48. The molecule has 0 heterocycles. The number of aromatic hydroxyl groups is 1. The summed E-state index contributed by atoms with van der Waals surface area (Å²) in [5.41, 5.74) is 1.40. The minimum absolute atomic E-state index is 0.0958. The number of nitrogens with zero attached hydrogens (tertiary/aromatic N) is 1. The molecule has 3 aromatic carbocycles. The normalized spacial score (nSPS) is 14.4. The Morgan fingerprint density at radius 1 is 0.972 bits per heavy atom. The summed E-state index contributed by atoms with van der Waals surface area (Å²) < 4.78 is 47.8. The van der Waals surface area contributed by atoms with E-state index in [9.17, 15) is 27.3 Å². The Morgan fingerprint density at radius 3 is 2.28 bits per heavy atom. The lowest BCUT2D eigenvalue weighted by molar-refractivity contribution is 0.102. The predicted octanol–water partition coefficient (Wildman–Crippen LogP) is 6.24. The summed E-state index contributed by atoms with van der Waals surface area (Å²) in [6.07, 6.45) is 8.69. The van der Waals surface area contributed by atoms with Gasteiger partial charge in [-0.1, -0.05) is 44.2 Å². The predicted molar refractivity (Wildman–Crippen MR) is 137 cm³/mol. The van der Waals surface area contributed by atoms with E-state index in [4.69, 9.17) is 0 Å². The van der Waals surface area contributed by atoms with E-state index in [1.807, 2.05) is 12.1 Å². The van der Waals surface area contributed by atoms with Crippen molar-refractivity contribution in [3.63, 3.8) is 0 Å². The van der Waals surface area contributed by atoms with Crippen molar-refractivity contribution in [2.24, 2.45) is 5.92 Å². The van der Waals surface area contributed by atoms with Gasteiger partial charge in [-0.3, -0.25) is 9.35 Å². The average Bonchev–Trinajstić information content (AvgIpc) is 2.86. The van der Waals surface area contributed by atoms with Crippen molar-refractivity contribution >= 4 is 33.3 Å². The first-order chi connectivity index (χ1) is 17.2. The maximum Gasteiger partial charge on any atom is 0.364 e. The van der Waals surface area contributed by atoms with Crippen molar-refractivity contribution in [1.82, 2.24) is 0 Å². The molecule has 3 N–H and O–H groups in total. The van der Waals surface area contributed by atoms with E-state index < -0.39 is 27.8 Å². The van der Waals surface area contributed by atoms with Crippen molar-refractivity contribution in [3.8, 4) is 5.75 Å². The van der Waals surface area contributed by atoms with Gasteiger partial charge in [0.1, 0.15) is 17.3 Å². The summed E-state index contributed by atoms with van der Waals surface area (Å²) in [4.78, 5) is 12.8. The molecule has 0 radical (unpaired) electrons. The Morgan fingerprint density at radius 2 is 1.64 bits per heavy atom. The molecular weight excluding hydrogens is 483 g/mol. The van der Waals surface area contributed by atoms with Crippen molar-refractivity contribution in [2.45, 2.75) is 44.9 Å². The number of nitrogens with one attached hydrogen (secondary N) is 1. The van der Waals surface area contributed by atoms with Gasteiger partial charge in [-0.2, -0.15) is 8.42 Å². The molecule has 0 atom stereocenters. The number of benzene rings is 3. The van der Waals surface area contributed by atoms with E-state index in [0.717, 1.165) is 43.0 Å². The third-order valence-electron chi connectivity index (χ3n) is 6.53. The smallest absolute Gasteiger partial charge is 0.364 e. The van der Waals surface area contributed by atoms with Gasteiger partial charge in [-0.05, 0) is 78.9 Å². The van der Waals surface area contributed by atoms with Crippen molar-refractivity contribution in [3.05, 3.63) is 83.7 Å². The fourth-order valence-electron chi connectivity index (χ4n) is 4.61. The molecule has 1 aliphatic carbocycles. The van der Waals surface area contributed by atoms with Gasteiger partial charge in [0.05, 0.1) is 5.69 Å². The van der Waals surface area contributed by atoms with E-state index in [1.54, 1.807) is 12.1 Å². The van der Waals surface area contributed by atoms with Gasteiger partial charge in [0.15, 0.2) is 0 Å². The molecule has 0 unspecified atom stereocenters. The van der Waals surface area contributed by atoms with Crippen LogP contribution >= 0.6 is 0 Å². The Bertz CT molecular complexity index is 1300. The topological polar surface area (TPSA) is 107 Å². The zero-order valence-electron chi connectivity index (χ0n) is 19.7. The number of phenolic OH excluding ortho intramolecular Hbond substituents is 1. The number of halogens is 1. The summed E-state index contributed by atoms with van der Waals surface area (Å²) in [7, 11) is -4.88. The number of phenols is 1. The first-order valence-electron chi connectivity index (χ1n) is 12.0. The number of rotatable bonds is 8. The zero-order valence-corrected chi connectivity index (χ0v) is 20.5. The van der Waals surface area contributed by atoms with Crippen LogP contribution in [-0.2, 0) is 16.7 Å². The maximum atomic E-state index is 13.3. The van der Waals surface area contributed by atoms with Crippen LogP contribution in [0, 0.1) is 11.7 Å². The number of hydrogen-bond donors (Lipinski definition) is 3. The fraction of sp³-hybridized carbons (Fsp3) is 0.296. The van der Waals surface area contributed by atoms with Crippen LogP contribution in [0.4, 0.5) is 21.5 Å². The lowest BCUT2D eigenvalue weighted by Crippen LogP contribution is -2.25. The third-order valence-corrected chi connectivity index (χ3v) is 7.40. The van der Waals surface area contributed by atoms with Crippen LogP contribution in [0.15, 0.2) is 66.7 Å². The van der Waals surface area contributed by atoms with Crippen molar-refractivity contribution in [2.75, 3.05) is 9.62 Å². The number of carbonyl (C=O) groups excluding carboxylic acids is 1. The fourth-order valence-corrected chi connectivity index (χ4v) is 5.39. The molecule has 0 saturated heterocycles. The average molecular weight is 513 g/mol. The highest BCUT2D eigenvalue weighted by Gasteiger charge is 2.25. The minimum Gasteiger partial charge on any atom is -0.506 e. The summed E-state index contributed by atoms with van der Waals surface area (Å²) in [5.74, 6) is -0.690. The van der Waals surface area contributed by atoms with Crippen LogP contribution in [0.2, 0.25) is 0 Å². The second kappa shape index (κ2) is 11.1. The molecule has 190 valence electrons. The van der Waals surface area contributed by atoms with Crippen molar-refractivity contribution < 1.29 is 27.3 Å². The van der Waals surface area contributed by atoms with Crippen LogP contribution in [-0.4, -0.2) is 24.0 Å². The first-order valence-corrected chi connectivity index (χ1v) is 13.4. The summed E-state index contributed by atoms with van der Waals surface area (Å²) in [6.45, 7) is 0. The van der Waals surface area contributed by atoms with E-state index in [1.165, 1.54) is 55.9 Å². The second-order valence-corrected chi connectivity index (χ2v) is 10.4. The lowest BCUT2D eigenvalue weighted by Gasteiger charge is -2.22. The molecule has 0 spiro atoms. The zero-order chi connectivity index (χ0) is 25.7. The standard InChI is InChI=1S/C27H29FN2O5S/c28-22-12-15-24(16-13-22)30(36(33,34)35)25-18-23(14-17-26(25)31)29-27(32)21-10-8-20(9-11-21)7-6-19-4-2-1-3-5-19/h8-19,31H,1-7H2,(H,29,32)(H,33,34,35). The molecule has 0 aromatic heterocycles. The van der Waals surface area contributed by atoms with Crippen LogP contribution in [0.25, 0.3) is 0 Å². The van der Waals surface area contributed by atoms with Gasteiger partial charge in [0.2, 0.25) is 0 Å². The highest BCUT2D eigenvalue weighted by Crippen LogP contribution is 2.37. The molecule has 1 amide bonds. The monoisotopic (exact) mass is 512 g/mol. The highest BCUT2D eigenvalue weighted by atomic mass is 32.2. The summed E-state index contributed by atoms with van der Waals surface area (Å²) in [5, 5.41) is 13.0. The first kappa shape index (κ1) is 25.7. The summed E-state index contributed by atoms with van der Waals surface area (Å²) >= 11 is 0. The summed E-state index contributed by atoms with van der Waals surface area (Å²) in [6, 6.07) is 15.5. The Hall–Kier alpha value is -3.43. The number of amides is 1. The van der Waals surface area contributed by atoms with Gasteiger partial charge in [-0.25, -0.2) is 8.70 Å². The number of anilines is 3. The molecule has 3 aromatic rings. The van der Waals surface area contributed by atoms with Crippen LogP contribution in [0.3, 0.4) is 0 Å². The third kappa shape index (κ3) is 6.41. The maximum absolute atomic E-state index is 13.3. The Labute approximate surface area is 210 Å². The van der Waals surface area contributed by atoms with Crippen LogP contribution < -0.4 is 9.62 Å². The van der Waals surface area contributed by atoms with E-state index in [-0.39, 0.29) is 17.1 Å².